The van der Waals surface area contributed by atoms with Gasteiger partial charge in [0.25, 0.3) is 5.91 Å². The van der Waals surface area contributed by atoms with Gasteiger partial charge in [-0.1, -0.05) is 12.1 Å². The number of aromatic nitrogens is 1. The number of aromatic hydroxyl groups is 1. The Balaban J connectivity index is 1.76. The molecule has 32 heavy (non-hydrogen) atoms. The van der Waals surface area contributed by atoms with Crippen molar-refractivity contribution >= 4 is 32.8 Å². The Hall–Kier alpha value is -3.65. The first-order valence-electron chi connectivity index (χ1n) is 9.81. The van der Waals surface area contributed by atoms with E-state index in [1.54, 1.807) is 53.7 Å². The summed E-state index contributed by atoms with van der Waals surface area (Å²) in [6.07, 6.45) is 3.30. The van der Waals surface area contributed by atoms with E-state index in [4.69, 9.17) is 9.15 Å². The van der Waals surface area contributed by atoms with Gasteiger partial charge in [-0.15, -0.1) is 0 Å². The highest BCUT2D eigenvalue weighted by Crippen LogP contribution is 2.44. The number of pyridine rings is 1. The van der Waals surface area contributed by atoms with Crippen LogP contribution in [0.1, 0.15) is 33.3 Å². The fourth-order valence-corrected chi connectivity index (χ4v) is 4.53. The number of fused-ring (bicyclic) bond motifs is 2. The molecule has 5 rings (SSSR count). The van der Waals surface area contributed by atoms with Gasteiger partial charge in [0.15, 0.2) is 16.9 Å². The second-order valence-electron chi connectivity index (χ2n) is 7.41. The van der Waals surface area contributed by atoms with Crippen LogP contribution < -0.4 is 10.2 Å². The Morgan fingerprint density at radius 2 is 1.91 bits per heavy atom. The largest absolute Gasteiger partial charge is 0.503 e. The zero-order valence-corrected chi connectivity index (χ0v) is 18.5. The molecular weight excluding hydrogens is 476 g/mol. The molecule has 1 N–H and O–H groups in total. The quantitative estimate of drug-likeness (QED) is 0.453. The van der Waals surface area contributed by atoms with Gasteiger partial charge in [0.1, 0.15) is 5.58 Å². The van der Waals surface area contributed by atoms with Gasteiger partial charge in [0.05, 0.1) is 28.6 Å². The molecule has 1 aliphatic heterocycles. The summed E-state index contributed by atoms with van der Waals surface area (Å²) in [7, 11) is 1.44. The highest BCUT2D eigenvalue weighted by Gasteiger charge is 2.43. The Bertz CT molecular complexity index is 1420. The Kier molecular flexibility index (Phi) is 4.94. The lowest BCUT2D eigenvalue weighted by atomic mass is 9.98. The van der Waals surface area contributed by atoms with Crippen LogP contribution in [0.5, 0.6) is 11.5 Å². The van der Waals surface area contributed by atoms with Crippen LogP contribution >= 0.6 is 15.9 Å². The number of phenols is 1. The lowest BCUT2D eigenvalue weighted by Crippen LogP contribution is -2.29. The molecule has 1 aliphatic rings. The molecule has 1 amide bonds. The van der Waals surface area contributed by atoms with E-state index in [2.05, 4.69) is 20.9 Å². The van der Waals surface area contributed by atoms with Gasteiger partial charge in [-0.25, -0.2) is 0 Å². The summed E-state index contributed by atoms with van der Waals surface area (Å²) >= 11 is 3.34. The number of halogens is 1. The van der Waals surface area contributed by atoms with Gasteiger partial charge in [-0.2, -0.15) is 0 Å². The number of carbonyl (C=O) groups excluding carboxylic acids is 1. The number of hydrogen-bond acceptors (Lipinski definition) is 6. The summed E-state index contributed by atoms with van der Waals surface area (Å²) in [5.41, 5.74) is 1.82. The second kappa shape index (κ2) is 7.80. The van der Waals surface area contributed by atoms with Crippen molar-refractivity contribution in [3.05, 3.63) is 98.1 Å². The van der Waals surface area contributed by atoms with Crippen LogP contribution in [-0.2, 0) is 6.54 Å². The molecule has 0 radical (unpaired) electrons. The highest BCUT2D eigenvalue weighted by atomic mass is 79.9. The molecule has 0 saturated heterocycles. The minimum atomic E-state index is -0.725. The van der Waals surface area contributed by atoms with E-state index >= 15 is 0 Å². The summed E-state index contributed by atoms with van der Waals surface area (Å²) in [6, 6.07) is 13.1. The smallest absolute Gasteiger partial charge is 0.291 e. The molecule has 0 aliphatic carbocycles. The van der Waals surface area contributed by atoms with Crippen molar-refractivity contribution in [1.82, 2.24) is 9.88 Å². The number of hydrogen-bond donors (Lipinski definition) is 1. The molecule has 1 unspecified atom stereocenters. The van der Waals surface area contributed by atoms with Crippen molar-refractivity contribution in [3.8, 4) is 11.5 Å². The molecule has 2 aromatic heterocycles. The number of phenolic OH excluding ortho intramolecular Hbond substituents is 1. The summed E-state index contributed by atoms with van der Waals surface area (Å²) in [6.45, 7) is 0.243. The summed E-state index contributed by atoms with van der Waals surface area (Å²) in [4.78, 5) is 32.6. The molecule has 1 atom stereocenters. The molecule has 0 spiro atoms. The third-order valence-electron chi connectivity index (χ3n) is 5.56. The van der Waals surface area contributed by atoms with E-state index in [1.807, 2.05) is 12.1 Å². The predicted octanol–water partition coefficient (Wildman–Crippen LogP) is 4.41. The molecular formula is C24H17BrN2O5. The minimum absolute atomic E-state index is 0.0240. The van der Waals surface area contributed by atoms with Crippen molar-refractivity contribution in [2.45, 2.75) is 12.6 Å². The van der Waals surface area contributed by atoms with Gasteiger partial charge >= 0.3 is 0 Å². The van der Waals surface area contributed by atoms with Gasteiger partial charge < -0.3 is 19.2 Å². The molecule has 0 saturated carbocycles. The summed E-state index contributed by atoms with van der Waals surface area (Å²) in [5, 5.41) is 10.7. The molecule has 7 nitrogen and oxygen atoms in total. The van der Waals surface area contributed by atoms with E-state index in [9.17, 15) is 14.7 Å². The van der Waals surface area contributed by atoms with Crippen LogP contribution in [0.3, 0.4) is 0 Å². The van der Waals surface area contributed by atoms with Crippen molar-refractivity contribution in [3.63, 3.8) is 0 Å². The third kappa shape index (κ3) is 3.15. The van der Waals surface area contributed by atoms with E-state index in [-0.39, 0.29) is 40.7 Å². The van der Waals surface area contributed by atoms with Crippen LogP contribution in [-0.4, -0.2) is 28.0 Å². The normalized spacial score (nSPS) is 15.2. The average molecular weight is 493 g/mol. The zero-order valence-electron chi connectivity index (χ0n) is 16.9. The fourth-order valence-electron chi connectivity index (χ4n) is 4.07. The molecule has 2 aromatic carbocycles. The number of ether oxygens (including phenoxy) is 1. The molecule has 160 valence electrons. The average Bonchev–Trinajstić information content (AvgIpc) is 3.08. The first-order chi connectivity index (χ1) is 15.5. The van der Waals surface area contributed by atoms with Crippen LogP contribution in [0.15, 0.2) is 74.6 Å². The second-order valence-corrected chi connectivity index (χ2v) is 8.27. The maximum absolute atomic E-state index is 13.5. The lowest BCUT2D eigenvalue weighted by Gasteiger charge is -2.26. The number of nitrogens with zero attached hydrogens (tertiary/aromatic N) is 2. The third-order valence-corrected chi connectivity index (χ3v) is 6.17. The highest BCUT2D eigenvalue weighted by molar-refractivity contribution is 9.10. The molecule has 0 fully saturated rings. The van der Waals surface area contributed by atoms with Gasteiger partial charge in [-0.3, -0.25) is 14.6 Å². The van der Waals surface area contributed by atoms with E-state index in [0.717, 1.165) is 5.56 Å². The van der Waals surface area contributed by atoms with Gasteiger partial charge in [0, 0.05) is 18.9 Å². The molecule has 3 heterocycles. The van der Waals surface area contributed by atoms with Crippen LogP contribution in [0, 0.1) is 0 Å². The van der Waals surface area contributed by atoms with Crippen LogP contribution in [0.25, 0.3) is 11.0 Å². The Labute approximate surface area is 191 Å². The monoisotopic (exact) mass is 492 g/mol. The zero-order chi connectivity index (χ0) is 22.4. The Morgan fingerprint density at radius 3 is 2.66 bits per heavy atom. The van der Waals surface area contributed by atoms with E-state index in [1.165, 1.54) is 7.11 Å². The SMILES string of the molecule is COc1cc(C2c3c(oc4ccccc4c3=O)C(=O)N2Cc2ccncc2)cc(Br)c1O. The van der Waals surface area contributed by atoms with E-state index < -0.39 is 6.04 Å². The minimum Gasteiger partial charge on any atom is -0.503 e. The summed E-state index contributed by atoms with van der Waals surface area (Å²) in [5.74, 6) is -0.194. The standard InChI is InChI=1S/C24H17BrN2O5/c1-31-18-11-14(10-16(25)22(18)29)20-19-21(28)15-4-2-3-5-17(15)32-23(19)24(30)27(20)12-13-6-8-26-9-7-13/h2-11,20,29H,12H2,1H3. The number of amides is 1. The van der Waals surface area contributed by atoms with Crippen LogP contribution in [0.4, 0.5) is 0 Å². The lowest BCUT2D eigenvalue weighted by molar-refractivity contribution is 0.0714. The number of benzene rings is 2. The van der Waals surface area contributed by atoms with E-state index in [0.29, 0.717) is 21.0 Å². The van der Waals surface area contributed by atoms with Crippen molar-refractivity contribution in [1.29, 1.82) is 0 Å². The number of methoxy groups -OCH3 is 1. The van der Waals surface area contributed by atoms with Crippen molar-refractivity contribution in [2.24, 2.45) is 0 Å². The summed E-state index contributed by atoms with van der Waals surface area (Å²) < 4.78 is 11.6. The predicted molar refractivity (Wildman–Crippen MR) is 121 cm³/mol. The Morgan fingerprint density at radius 1 is 1.16 bits per heavy atom. The molecule has 8 heteroatoms. The number of carbonyl (C=O) groups is 1. The number of para-hydroxylation sites is 1. The van der Waals surface area contributed by atoms with Gasteiger partial charge in [0.2, 0.25) is 5.76 Å². The first-order valence-corrected chi connectivity index (χ1v) is 10.6. The van der Waals surface area contributed by atoms with Gasteiger partial charge in [-0.05, 0) is 63.5 Å². The fraction of sp³-hybridized carbons (Fsp3) is 0.125. The molecule has 0 bridgehead atoms. The van der Waals surface area contributed by atoms with Crippen molar-refractivity contribution in [2.75, 3.05) is 7.11 Å². The number of rotatable bonds is 4. The maximum Gasteiger partial charge on any atom is 0.291 e. The maximum atomic E-state index is 13.5. The van der Waals surface area contributed by atoms with Crippen LogP contribution in [0.2, 0.25) is 0 Å². The molecule has 4 aromatic rings. The topological polar surface area (TPSA) is 92.9 Å². The first kappa shape index (κ1) is 20.3. The van der Waals surface area contributed by atoms with Crippen molar-refractivity contribution < 1.29 is 19.1 Å².